The molecule has 0 radical (unpaired) electrons. The van der Waals surface area contributed by atoms with E-state index in [0.29, 0.717) is 0 Å². The zero-order chi connectivity index (χ0) is 14.9. The Labute approximate surface area is 125 Å². The Balaban J connectivity index is 2.29. The molecule has 0 aliphatic rings. The first-order chi connectivity index (χ1) is 10.3. The molecule has 0 saturated carbocycles. The van der Waals surface area contributed by atoms with E-state index in [1.807, 2.05) is 60.7 Å². The van der Waals surface area contributed by atoms with Gasteiger partial charge in [0.15, 0.2) is 0 Å². The van der Waals surface area contributed by atoms with Crippen molar-refractivity contribution in [2.24, 2.45) is 9.98 Å². The molecule has 2 aromatic rings. The van der Waals surface area contributed by atoms with Gasteiger partial charge in [-0.15, -0.1) is 13.2 Å². The van der Waals surface area contributed by atoms with E-state index in [1.54, 1.807) is 0 Å². The van der Waals surface area contributed by atoms with Crippen LogP contribution in [0.1, 0.15) is 11.1 Å². The fourth-order valence-corrected chi connectivity index (χ4v) is 2.03. The molecule has 0 N–H and O–H groups in total. The van der Waals surface area contributed by atoms with Crippen molar-refractivity contribution in [3.63, 3.8) is 0 Å². The highest BCUT2D eigenvalue weighted by molar-refractivity contribution is 5.61. The number of para-hydroxylation sites is 2. The molecule has 0 spiro atoms. The lowest BCUT2D eigenvalue weighted by molar-refractivity contribution is 1.25. The second-order valence-corrected chi connectivity index (χ2v) is 4.57. The smallest absolute Gasteiger partial charge is 0.100 e. The summed E-state index contributed by atoms with van der Waals surface area (Å²) < 4.78 is 0. The monoisotopic (exact) mass is 274 g/mol. The maximum atomic E-state index is 4.33. The molecule has 0 unspecified atom stereocenters. The molecular formula is C19H18N2. The van der Waals surface area contributed by atoms with E-state index in [2.05, 4.69) is 29.2 Å². The predicted molar refractivity (Wildman–Crippen MR) is 89.9 cm³/mol. The average molecular weight is 274 g/mol. The highest BCUT2D eigenvalue weighted by Crippen LogP contribution is 2.20. The Morgan fingerprint density at radius 2 is 1.19 bits per heavy atom. The Hall–Kier alpha value is -2.70. The van der Waals surface area contributed by atoms with E-state index in [0.717, 1.165) is 35.3 Å². The third kappa shape index (κ3) is 4.13. The third-order valence-electron chi connectivity index (χ3n) is 3.05. The highest BCUT2D eigenvalue weighted by Gasteiger charge is 1.98. The number of benzene rings is 2. The summed E-state index contributed by atoms with van der Waals surface area (Å²) in [6, 6.07) is 18.7. The van der Waals surface area contributed by atoms with Crippen LogP contribution in [-0.4, -0.2) is 6.01 Å². The highest BCUT2D eigenvalue weighted by atomic mass is 14.8. The second-order valence-electron chi connectivity index (χ2n) is 4.57. The maximum Gasteiger partial charge on any atom is 0.100 e. The van der Waals surface area contributed by atoms with Crippen LogP contribution >= 0.6 is 0 Å². The standard InChI is InChI=1S/C19H18N2/c1-3-9-16-11-5-7-13-18(16)20-15-21-19-14-8-6-12-17(19)10-4-2/h3-8,11-14H,1-2,9-10H2. The van der Waals surface area contributed by atoms with Gasteiger partial charge in [-0.2, -0.15) is 9.98 Å². The summed E-state index contributed by atoms with van der Waals surface area (Å²) in [4.78, 5) is 8.66. The third-order valence-corrected chi connectivity index (χ3v) is 3.05. The predicted octanol–water partition coefficient (Wildman–Crippen LogP) is 5.28. The quantitative estimate of drug-likeness (QED) is 0.505. The number of allylic oxidation sites excluding steroid dienone is 2. The van der Waals surface area contributed by atoms with Gasteiger partial charge < -0.3 is 0 Å². The minimum absolute atomic E-state index is 0.786. The lowest BCUT2D eigenvalue weighted by Crippen LogP contribution is -1.81. The zero-order valence-electron chi connectivity index (χ0n) is 12.0. The molecule has 0 aromatic heterocycles. The molecule has 0 fully saturated rings. The molecule has 0 aliphatic carbocycles. The van der Waals surface area contributed by atoms with E-state index in [9.17, 15) is 0 Å². The Morgan fingerprint density at radius 1 is 0.762 bits per heavy atom. The van der Waals surface area contributed by atoms with Crippen molar-refractivity contribution in [1.29, 1.82) is 0 Å². The largest absolute Gasteiger partial charge is 0.187 e. The zero-order valence-corrected chi connectivity index (χ0v) is 12.0. The van der Waals surface area contributed by atoms with Gasteiger partial charge in [0.25, 0.3) is 0 Å². The van der Waals surface area contributed by atoms with Gasteiger partial charge in [0.05, 0.1) is 11.4 Å². The molecule has 0 amide bonds. The number of hydrogen-bond donors (Lipinski definition) is 0. The summed E-state index contributed by atoms with van der Waals surface area (Å²) in [6.07, 6.45) is 5.30. The second kappa shape index (κ2) is 7.78. The summed E-state index contributed by atoms with van der Waals surface area (Å²) in [5.41, 5.74) is 3.99. The molecule has 2 heteroatoms. The molecule has 0 aliphatic heterocycles. The molecule has 104 valence electrons. The van der Waals surface area contributed by atoms with Crippen LogP contribution in [0.25, 0.3) is 0 Å². The molecule has 0 saturated heterocycles. The fraction of sp³-hybridized carbons (Fsp3) is 0.105. The van der Waals surface area contributed by atoms with Gasteiger partial charge in [-0.05, 0) is 36.1 Å². The minimum atomic E-state index is 0.786. The minimum Gasteiger partial charge on any atom is -0.187 e. The average Bonchev–Trinajstić information content (AvgIpc) is 2.51. The van der Waals surface area contributed by atoms with Crippen molar-refractivity contribution < 1.29 is 0 Å². The summed E-state index contributed by atoms with van der Waals surface area (Å²) in [5, 5.41) is 0. The molecule has 21 heavy (non-hydrogen) atoms. The van der Waals surface area contributed by atoms with Gasteiger partial charge in [0, 0.05) is 0 Å². The molecule has 2 aromatic carbocycles. The van der Waals surface area contributed by atoms with Crippen LogP contribution in [0.15, 0.2) is 83.8 Å². The van der Waals surface area contributed by atoms with Crippen LogP contribution in [0, 0.1) is 0 Å². The van der Waals surface area contributed by atoms with Crippen molar-refractivity contribution in [3.05, 3.63) is 85.0 Å². The van der Waals surface area contributed by atoms with E-state index in [4.69, 9.17) is 0 Å². The summed E-state index contributed by atoms with van der Waals surface area (Å²) in [6.45, 7) is 7.52. The Kier molecular flexibility index (Phi) is 5.45. The van der Waals surface area contributed by atoms with Crippen LogP contribution in [0.3, 0.4) is 0 Å². The van der Waals surface area contributed by atoms with Crippen molar-refractivity contribution >= 4 is 17.4 Å². The van der Waals surface area contributed by atoms with Gasteiger partial charge in [-0.25, -0.2) is 0 Å². The van der Waals surface area contributed by atoms with Gasteiger partial charge in [-0.1, -0.05) is 48.6 Å². The topological polar surface area (TPSA) is 24.7 Å². The molecule has 2 rings (SSSR count). The summed E-state index contributed by atoms with van der Waals surface area (Å²) in [5.74, 6) is 0. The normalized spacial score (nSPS) is 9.52. The molecular weight excluding hydrogens is 256 g/mol. The van der Waals surface area contributed by atoms with Crippen molar-refractivity contribution in [1.82, 2.24) is 0 Å². The molecule has 2 nitrogen and oxygen atoms in total. The van der Waals surface area contributed by atoms with Gasteiger partial charge in [0.2, 0.25) is 0 Å². The van der Waals surface area contributed by atoms with Crippen LogP contribution in [0.4, 0.5) is 11.4 Å². The van der Waals surface area contributed by atoms with Crippen molar-refractivity contribution in [2.45, 2.75) is 12.8 Å². The number of nitrogens with zero attached hydrogens (tertiary/aromatic N) is 2. The van der Waals surface area contributed by atoms with Gasteiger partial charge in [-0.3, -0.25) is 0 Å². The SMILES string of the molecule is C=CCc1ccccc1N=C=Nc1ccccc1CC=C. The maximum absolute atomic E-state index is 4.33. The summed E-state index contributed by atoms with van der Waals surface area (Å²) >= 11 is 0. The lowest BCUT2D eigenvalue weighted by Gasteiger charge is -2.00. The fourth-order valence-electron chi connectivity index (χ4n) is 2.03. The van der Waals surface area contributed by atoms with E-state index in [-0.39, 0.29) is 0 Å². The lowest BCUT2D eigenvalue weighted by atomic mass is 10.1. The van der Waals surface area contributed by atoms with Crippen LogP contribution in [0.5, 0.6) is 0 Å². The van der Waals surface area contributed by atoms with E-state index >= 15 is 0 Å². The first-order valence-electron chi connectivity index (χ1n) is 6.89. The van der Waals surface area contributed by atoms with Gasteiger partial charge >= 0.3 is 0 Å². The number of hydrogen-bond acceptors (Lipinski definition) is 2. The van der Waals surface area contributed by atoms with E-state index in [1.165, 1.54) is 0 Å². The molecule has 0 atom stereocenters. The number of rotatable bonds is 6. The molecule has 0 bridgehead atoms. The number of aliphatic imine (C=N–C) groups is 2. The van der Waals surface area contributed by atoms with Crippen molar-refractivity contribution in [3.8, 4) is 0 Å². The van der Waals surface area contributed by atoms with Crippen molar-refractivity contribution in [2.75, 3.05) is 0 Å². The summed E-state index contributed by atoms with van der Waals surface area (Å²) in [7, 11) is 0. The van der Waals surface area contributed by atoms with E-state index < -0.39 is 0 Å². The molecule has 0 heterocycles. The first kappa shape index (κ1) is 14.7. The van der Waals surface area contributed by atoms with Crippen LogP contribution in [-0.2, 0) is 12.8 Å². The Bertz CT molecular complexity index is 635. The van der Waals surface area contributed by atoms with Crippen LogP contribution < -0.4 is 0 Å². The first-order valence-corrected chi connectivity index (χ1v) is 6.89. The van der Waals surface area contributed by atoms with Gasteiger partial charge in [0.1, 0.15) is 6.01 Å². The van der Waals surface area contributed by atoms with Crippen LogP contribution in [0.2, 0.25) is 0 Å². The Morgan fingerprint density at radius 3 is 1.62 bits per heavy atom.